The summed E-state index contributed by atoms with van der Waals surface area (Å²) in [6, 6.07) is 6.43. The number of hydrogen-bond donors (Lipinski definition) is 1. The molecule has 6 heteroatoms. The summed E-state index contributed by atoms with van der Waals surface area (Å²) < 4.78 is 11.2. The Hall–Kier alpha value is -2.08. The number of amides is 1. The van der Waals surface area contributed by atoms with Gasteiger partial charge in [0.1, 0.15) is 5.52 Å². The molecule has 1 fully saturated rings. The first-order valence-electron chi connectivity index (χ1n) is 6.62. The van der Waals surface area contributed by atoms with E-state index in [0.29, 0.717) is 25.7 Å². The maximum Gasteiger partial charge on any atom is 0.298 e. The Kier molecular flexibility index (Phi) is 3.31. The minimum Gasteiger partial charge on any atom is -0.423 e. The zero-order valence-electron chi connectivity index (χ0n) is 11.5. The van der Waals surface area contributed by atoms with Crippen LogP contribution in [0.15, 0.2) is 22.6 Å². The molecule has 1 aliphatic rings. The fourth-order valence-corrected chi connectivity index (χ4v) is 2.30. The molecule has 1 aromatic carbocycles. The molecular weight excluding hydrogens is 258 g/mol. The van der Waals surface area contributed by atoms with Crippen molar-refractivity contribution in [3.8, 4) is 0 Å². The van der Waals surface area contributed by atoms with Crippen molar-refractivity contribution in [2.24, 2.45) is 0 Å². The number of nitrogens with zero attached hydrogens (tertiary/aromatic N) is 2. The van der Waals surface area contributed by atoms with E-state index in [4.69, 9.17) is 9.15 Å². The van der Waals surface area contributed by atoms with Gasteiger partial charge in [-0.3, -0.25) is 4.79 Å². The quantitative estimate of drug-likeness (QED) is 0.888. The Morgan fingerprint density at radius 1 is 1.50 bits per heavy atom. The minimum atomic E-state index is -0.481. The summed E-state index contributed by atoms with van der Waals surface area (Å²) in [5, 5.41) is 2.60. The summed E-state index contributed by atoms with van der Waals surface area (Å²) in [6.07, 6.45) is -0.481. The predicted molar refractivity (Wildman–Crippen MR) is 74.8 cm³/mol. The van der Waals surface area contributed by atoms with Gasteiger partial charge < -0.3 is 19.4 Å². The number of rotatable bonds is 2. The van der Waals surface area contributed by atoms with Crippen LogP contribution in [0.3, 0.4) is 0 Å². The van der Waals surface area contributed by atoms with Crippen LogP contribution in [0.4, 0.5) is 6.01 Å². The highest BCUT2D eigenvalue weighted by Gasteiger charge is 2.28. The number of fused-ring (bicyclic) bond motifs is 1. The van der Waals surface area contributed by atoms with Crippen molar-refractivity contribution in [3.05, 3.63) is 23.8 Å². The van der Waals surface area contributed by atoms with E-state index in [2.05, 4.69) is 10.3 Å². The van der Waals surface area contributed by atoms with Gasteiger partial charge >= 0.3 is 0 Å². The fraction of sp³-hybridized carbons (Fsp3) is 0.429. The van der Waals surface area contributed by atoms with E-state index in [9.17, 15) is 4.79 Å². The van der Waals surface area contributed by atoms with Gasteiger partial charge in [0, 0.05) is 13.6 Å². The van der Waals surface area contributed by atoms with Crippen LogP contribution in [0.25, 0.3) is 11.1 Å². The standard InChI is InChI=1S/C14H17N3O3/c1-9-3-4-11-10(7-9)16-14(20-11)17-5-6-19-12(8-17)13(18)15-2/h3-4,7,12H,5-6,8H2,1-2H3,(H,15,18). The van der Waals surface area contributed by atoms with Crippen molar-refractivity contribution in [1.82, 2.24) is 10.3 Å². The molecule has 2 aromatic rings. The SMILES string of the molecule is CNC(=O)C1CN(c2nc3cc(C)ccc3o2)CCO1. The van der Waals surface area contributed by atoms with Crippen molar-refractivity contribution in [2.45, 2.75) is 13.0 Å². The zero-order chi connectivity index (χ0) is 14.1. The third kappa shape index (κ3) is 2.34. The predicted octanol–water partition coefficient (Wildman–Crippen LogP) is 1.09. The highest BCUT2D eigenvalue weighted by molar-refractivity contribution is 5.81. The molecule has 1 aliphatic heterocycles. The Morgan fingerprint density at radius 3 is 3.15 bits per heavy atom. The number of ether oxygens (including phenoxy) is 1. The van der Waals surface area contributed by atoms with Crippen LogP contribution in [0, 0.1) is 6.92 Å². The molecule has 0 bridgehead atoms. The van der Waals surface area contributed by atoms with Gasteiger partial charge in [-0.2, -0.15) is 4.98 Å². The number of anilines is 1. The van der Waals surface area contributed by atoms with Crippen LogP contribution >= 0.6 is 0 Å². The maximum absolute atomic E-state index is 11.6. The van der Waals surface area contributed by atoms with Crippen molar-refractivity contribution >= 4 is 23.0 Å². The number of benzene rings is 1. The number of oxazole rings is 1. The number of aromatic nitrogens is 1. The lowest BCUT2D eigenvalue weighted by Crippen LogP contribution is -2.49. The average Bonchev–Trinajstić information content (AvgIpc) is 2.89. The van der Waals surface area contributed by atoms with Crippen molar-refractivity contribution in [1.29, 1.82) is 0 Å². The molecule has 0 radical (unpaired) electrons. The molecule has 0 saturated carbocycles. The Morgan fingerprint density at radius 2 is 2.35 bits per heavy atom. The second kappa shape index (κ2) is 5.13. The van der Waals surface area contributed by atoms with Gasteiger partial charge in [0.2, 0.25) is 0 Å². The van der Waals surface area contributed by atoms with Crippen molar-refractivity contribution < 1.29 is 13.9 Å². The average molecular weight is 275 g/mol. The number of nitrogens with one attached hydrogen (secondary N) is 1. The molecule has 106 valence electrons. The molecule has 1 atom stereocenters. The van der Waals surface area contributed by atoms with E-state index < -0.39 is 6.10 Å². The Balaban J connectivity index is 1.84. The molecule has 0 spiro atoms. The van der Waals surface area contributed by atoms with E-state index >= 15 is 0 Å². The van der Waals surface area contributed by atoms with Gasteiger partial charge in [-0.15, -0.1) is 0 Å². The van der Waals surface area contributed by atoms with E-state index in [1.807, 2.05) is 30.0 Å². The lowest BCUT2D eigenvalue weighted by Gasteiger charge is -2.30. The number of hydrogen-bond acceptors (Lipinski definition) is 5. The van der Waals surface area contributed by atoms with Gasteiger partial charge in [0.25, 0.3) is 11.9 Å². The van der Waals surface area contributed by atoms with Crippen molar-refractivity contribution in [3.63, 3.8) is 0 Å². The summed E-state index contributed by atoms with van der Waals surface area (Å²) in [6.45, 7) is 3.62. The summed E-state index contributed by atoms with van der Waals surface area (Å²) >= 11 is 0. The third-order valence-corrected chi connectivity index (χ3v) is 3.41. The zero-order valence-corrected chi connectivity index (χ0v) is 11.5. The summed E-state index contributed by atoms with van der Waals surface area (Å²) in [5.41, 5.74) is 2.74. The topological polar surface area (TPSA) is 67.6 Å². The molecular formula is C14H17N3O3. The Bertz CT molecular complexity index is 638. The highest BCUT2D eigenvalue weighted by atomic mass is 16.5. The van der Waals surface area contributed by atoms with Crippen LogP contribution in [-0.2, 0) is 9.53 Å². The lowest BCUT2D eigenvalue weighted by molar-refractivity contribution is -0.132. The van der Waals surface area contributed by atoms with Crippen LogP contribution in [0.2, 0.25) is 0 Å². The second-order valence-corrected chi connectivity index (χ2v) is 4.89. The van der Waals surface area contributed by atoms with E-state index in [-0.39, 0.29) is 5.91 Å². The molecule has 6 nitrogen and oxygen atoms in total. The molecule has 1 aromatic heterocycles. The van der Waals surface area contributed by atoms with E-state index in [1.165, 1.54) is 0 Å². The first-order valence-corrected chi connectivity index (χ1v) is 6.62. The number of carbonyl (C=O) groups is 1. The van der Waals surface area contributed by atoms with Crippen LogP contribution < -0.4 is 10.2 Å². The minimum absolute atomic E-state index is 0.123. The fourth-order valence-electron chi connectivity index (χ4n) is 2.30. The summed E-state index contributed by atoms with van der Waals surface area (Å²) in [4.78, 5) is 18.1. The van der Waals surface area contributed by atoms with E-state index in [1.54, 1.807) is 7.05 Å². The number of morpholine rings is 1. The molecule has 1 unspecified atom stereocenters. The van der Waals surface area contributed by atoms with Crippen molar-refractivity contribution in [2.75, 3.05) is 31.6 Å². The van der Waals surface area contributed by atoms with Gasteiger partial charge in [-0.25, -0.2) is 0 Å². The van der Waals surface area contributed by atoms with Gasteiger partial charge in [-0.1, -0.05) is 6.07 Å². The molecule has 0 aliphatic carbocycles. The van der Waals surface area contributed by atoms with Crippen LogP contribution in [-0.4, -0.2) is 43.7 Å². The largest absolute Gasteiger partial charge is 0.423 e. The van der Waals surface area contributed by atoms with Gasteiger partial charge in [-0.05, 0) is 24.6 Å². The second-order valence-electron chi connectivity index (χ2n) is 4.89. The number of aryl methyl sites for hydroxylation is 1. The van der Waals surface area contributed by atoms with Crippen LogP contribution in [0.5, 0.6) is 0 Å². The normalized spacial score (nSPS) is 19.3. The molecule has 1 saturated heterocycles. The molecule has 1 amide bonds. The van der Waals surface area contributed by atoms with E-state index in [0.717, 1.165) is 16.7 Å². The summed E-state index contributed by atoms with van der Waals surface area (Å²) in [7, 11) is 1.60. The lowest BCUT2D eigenvalue weighted by atomic mass is 10.2. The molecule has 3 rings (SSSR count). The summed E-state index contributed by atoms with van der Waals surface area (Å²) in [5.74, 6) is -0.123. The Labute approximate surface area is 116 Å². The monoisotopic (exact) mass is 275 g/mol. The number of carbonyl (C=O) groups excluding carboxylic acids is 1. The van der Waals surface area contributed by atoms with Gasteiger partial charge in [0.15, 0.2) is 11.7 Å². The van der Waals surface area contributed by atoms with Crippen LogP contribution in [0.1, 0.15) is 5.56 Å². The first kappa shape index (κ1) is 12.9. The smallest absolute Gasteiger partial charge is 0.298 e. The maximum atomic E-state index is 11.6. The highest BCUT2D eigenvalue weighted by Crippen LogP contribution is 2.24. The number of likely N-dealkylation sites (N-methyl/N-ethyl adjacent to an activating group) is 1. The van der Waals surface area contributed by atoms with Gasteiger partial charge in [0.05, 0.1) is 13.2 Å². The first-order chi connectivity index (χ1) is 9.67. The molecule has 20 heavy (non-hydrogen) atoms. The molecule has 2 heterocycles. The molecule has 1 N–H and O–H groups in total. The third-order valence-electron chi connectivity index (χ3n) is 3.41.